The molecule has 0 radical (unpaired) electrons. The zero-order chi connectivity index (χ0) is 29.0. The first-order valence-corrected chi connectivity index (χ1v) is 15.9. The molecular weight excluding hydrogens is 552 g/mol. The number of morpholine rings is 2. The summed E-state index contributed by atoms with van der Waals surface area (Å²) in [6, 6.07) is 13.1. The van der Waals surface area contributed by atoms with Crippen LogP contribution in [0.3, 0.4) is 0 Å². The third-order valence-electron chi connectivity index (χ3n) is 7.33. The summed E-state index contributed by atoms with van der Waals surface area (Å²) in [4.78, 5) is 0.0504. The molecule has 5 rings (SSSR count). The molecule has 3 aliphatic rings. The van der Waals surface area contributed by atoms with Crippen molar-refractivity contribution < 1.29 is 26.3 Å². The van der Waals surface area contributed by atoms with Gasteiger partial charge in [-0.3, -0.25) is 0 Å². The van der Waals surface area contributed by atoms with Gasteiger partial charge in [0.1, 0.15) is 17.7 Å². The molecule has 0 aromatic heterocycles. The normalized spacial score (nSPS) is 25.5. The quantitative estimate of drug-likeness (QED) is 0.428. The number of benzene rings is 2. The molecule has 2 aliphatic heterocycles. The average molecular weight is 583 g/mol. The zero-order valence-corrected chi connectivity index (χ0v) is 24.3. The number of rotatable bonds is 4. The van der Waals surface area contributed by atoms with Gasteiger partial charge in [0.25, 0.3) is 0 Å². The van der Waals surface area contributed by atoms with Crippen LogP contribution in [0.15, 0.2) is 51.8 Å². The molecule has 0 N–H and O–H groups in total. The Morgan fingerprint density at radius 1 is 0.675 bits per heavy atom. The second-order valence-electron chi connectivity index (χ2n) is 10.5. The third kappa shape index (κ3) is 4.85. The molecule has 1 aliphatic carbocycles. The van der Waals surface area contributed by atoms with Gasteiger partial charge >= 0.3 is 0 Å². The largest absolute Gasteiger partial charge is 0.373 e. The summed E-state index contributed by atoms with van der Waals surface area (Å²) >= 11 is 0. The summed E-state index contributed by atoms with van der Waals surface area (Å²) in [7, 11) is -7.81. The summed E-state index contributed by atoms with van der Waals surface area (Å²) in [5, 5.41) is 19.6. The Kier molecular flexibility index (Phi) is 7.38. The molecule has 10 nitrogen and oxygen atoms in total. The van der Waals surface area contributed by atoms with Crippen LogP contribution < -0.4 is 0 Å². The lowest BCUT2D eigenvalue weighted by atomic mass is 9.99. The number of allylic oxidation sites excluding steroid dienone is 1. The van der Waals surface area contributed by atoms with Crippen molar-refractivity contribution in [1.82, 2.24) is 8.61 Å². The fourth-order valence-electron chi connectivity index (χ4n) is 5.75. The van der Waals surface area contributed by atoms with E-state index < -0.39 is 20.0 Å². The maximum Gasteiger partial charge on any atom is 0.243 e. The smallest absolute Gasteiger partial charge is 0.243 e. The van der Waals surface area contributed by atoms with Gasteiger partial charge in [-0.2, -0.15) is 19.1 Å². The number of nitriles is 2. The van der Waals surface area contributed by atoms with Gasteiger partial charge in [0.2, 0.25) is 20.0 Å². The van der Waals surface area contributed by atoms with E-state index in [9.17, 15) is 27.4 Å². The van der Waals surface area contributed by atoms with Gasteiger partial charge in [-0.25, -0.2) is 16.8 Å². The number of ether oxygens (including phenoxy) is 2. The molecule has 40 heavy (non-hydrogen) atoms. The van der Waals surface area contributed by atoms with E-state index in [1.165, 1.54) is 32.9 Å². The first kappa shape index (κ1) is 28.4. The summed E-state index contributed by atoms with van der Waals surface area (Å²) in [6.45, 7) is 8.07. The Hall–Kier alpha value is -3.10. The van der Waals surface area contributed by atoms with Gasteiger partial charge < -0.3 is 9.47 Å². The van der Waals surface area contributed by atoms with Gasteiger partial charge in [0.15, 0.2) is 0 Å². The molecule has 0 amide bonds. The standard InChI is InChI=1S/C28H30N4O6S2/c1-17-13-31(14-18(2)37-17)39(33,34)22-5-7-24-25-8-6-23(40(35,36)32-15-19(3)38-20(4)16-32)10-27(25)28(26(24)9-22)21(11-29)12-30/h5-10,17-20H,13-16H2,1-4H3. The Balaban J connectivity index is 1.61. The van der Waals surface area contributed by atoms with Gasteiger partial charge in [-0.15, -0.1) is 0 Å². The van der Waals surface area contributed by atoms with E-state index in [1.54, 1.807) is 12.1 Å². The van der Waals surface area contributed by atoms with Gasteiger partial charge in [-0.05, 0) is 74.2 Å². The van der Waals surface area contributed by atoms with E-state index >= 15 is 0 Å². The molecule has 2 fully saturated rings. The van der Waals surface area contributed by atoms with Crippen LogP contribution in [0.4, 0.5) is 0 Å². The van der Waals surface area contributed by atoms with Crippen LogP contribution in [0.2, 0.25) is 0 Å². The van der Waals surface area contributed by atoms with E-state index in [-0.39, 0.29) is 71.5 Å². The average Bonchev–Trinajstić information content (AvgIpc) is 3.21. The Bertz CT molecular complexity index is 1560. The van der Waals surface area contributed by atoms with Gasteiger partial charge in [0.05, 0.1) is 34.2 Å². The summed E-state index contributed by atoms with van der Waals surface area (Å²) in [5.41, 5.74) is 2.02. The minimum atomic E-state index is -3.91. The molecule has 2 aromatic carbocycles. The molecule has 12 heteroatoms. The van der Waals surface area contributed by atoms with E-state index in [1.807, 2.05) is 39.8 Å². The predicted octanol–water partition coefficient (Wildman–Crippen LogP) is 3.11. The van der Waals surface area contributed by atoms with Crippen molar-refractivity contribution in [2.75, 3.05) is 26.2 Å². The summed E-state index contributed by atoms with van der Waals surface area (Å²) in [6.07, 6.45) is -1.08. The first-order valence-electron chi connectivity index (χ1n) is 13.0. The fraction of sp³-hybridized carbons (Fsp3) is 0.429. The van der Waals surface area contributed by atoms with E-state index in [0.29, 0.717) is 22.3 Å². The Labute approximate surface area is 235 Å². The highest BCUT2D eigenvalue weighted by Crippen LogP contribution is 2.47. The number of hydrogen-bond acceptors (Lipinski definition) is 8. The minimum absolute atomic E-state index is 0.0252. The second kappa shape index (κ2) is 10.4. The van der Waals surface area contributed by atoms with Gasteiger partial charge in [0, 0.05) is 31.8 Å². The third-order valence-corrected chi connectivity index (χ3v) is 11.0. The first-order chi connectivity index (χ1) is 18.9. The van der Waals surface area contributed by atoms with Crippen LogP contribution in [0.5, 0.6) is 0 Å². The second-order valence-corrected chi connectivity index (χ2v) is 14.4. The van der Waals surface area contributed by atoms with E-state index in [2.05, 4.69) is 0 Å². The van der Waals surface area contributed by atoms with E-state index in [4.69, 9.17) is 9.47 Å². The van der Waals surface area contributed by atoms with E-state index in [0.717, 1.165) is 0 Å². The van der Waals surface area contributed by atoms with Crippen molar-refractivity contribution in [3.05, 3.63) is 53.1 Å². The molecule has 4 unspecified atom stereocenters. The number of sulfonamides is 2. The molecule has 210 valence electrons. The van der Waals surface area contributed by atoms with Crippen LogP contribution in [-0.4, -0.2) is 76.0 Å². The lowest BCUT2D eigenvalue weighted by molar-refractivity contribution is -0.0442. The molecule has 0 spiro atoms. The highest BCUT2D eigenvalue weighted by molar-refractivity contribution is 7.89. The fourth-order valence-corrected chi connectivity index (χ4v) is 8.99. The van der Waals surface area contributed by atoms with Crippen molar-refractivity contribution in [3.63, 3.8) is 0 Å². The number of fused-ring (bicyclic) bond motifs is 3. The maximum atomic E-state index is 13.6. The lowest BCUT2D eigenvalue weighted by Gasteiger charge is -2.34. The molecule has 4 atom stereocenters. The van der Waals surface area contributed by atoms with Crippen LogP contribution in [0.1, 0.15) is 38.8 Å². The van der Waals surface area contributed by atoms with Gasteiger partial charge in [-0.1, -0.05) is 12.1 Å². The molecule has 2 heterocycles. The molecular formula is C28H30N4O6S2. The van der Waals surface area contributed by atoms with Crippen molar-refractivity contribution in [1.29, 1.82) is 10.5 Å². The summed E-state index contributed by atoms with van der Waals surface area (Å²) < 4.78 is 68.6. The number of nitrogens with zero attached hydrogens (tertiary/aromatic N) is 4. The lowest BCUT2D eigenvalue weighted by Crippen LogP contribution is -2.48. The summed E-state index contributed by atoms with van der Waals surface area (Å²) in [5.74, 6) is 0. The monoisotopic (exact) mass is 582 g/mol. The highest BCUT2D eigenvalue weighted by atomic mass is 32.2. The van der Waals surface area contributed by atoms with Crippen LogP contribution >= 0.6 is 0 Å². The van der Waals surface area contributed by atoms with Crippen molar-refractivity contribution in [3.8, 4) is 23.3 Å². The SMILES string of the molecule is CC1CN(S(=O)(=O)c2ccc3c(c2)C(=C(C#N)C#N)c2cc(S(=O)(=O)N4CC(C)OC(C)C4)ccc2-3)CC(C)O1. The maximum absolute atomic E-state index is 13.6. The Morgan fingerprint density at radius 3 is 1.35 bits per heavy atom. The van der Waals surface area contributed by atoms with Crippen LogP contribution in [0, 0.1) is 22.7 Å². The molecule has 2 saturated heterocycles. The van der Waals surface area contributed by atoms with Crippen molar-refractivity contribution in [2.24, 2.45) is 0 Å². The van der Waals surface area contributed by atoms with Crippen molar-refractivity contribution in [2.45, 2.75) is 61.9 Å². The Morgan fingerprint density at radius 2 is 1.02 bits per heavy atom. The topological polar surface area (TPSA) is 141 Å². The zero-order valence-electron chi connectivity index (χ0n) is 22.7. The highest BCUT2D eigenvalue weighted by Gasteiger charge is 2.36. The predicted molar refractivity (Wildman–Crippen MR) is 147 cm³/mol. The molecule has 0 bridgehead atoms. The van der Waals surface area contributed by atoms with Crippen LogP contribution in [-0.2, 0) is 29.5 Å². The minimum Gasteiger partial charge on any atom is -0.373 e. The van der Waals surface area contributed by atoms with Crippen molar-refractivity contribution >= 4 is 25.6 Å². The molecule has 0 saturated carbocycles. The molecule has 2 aromatic rings. The van der Waals surface area contributed by atoms with Crippen LogP contribution in [0.25, 0.3) is 16.7 Å². The number of hydrogen-bond donors (Lipinski definition) is 0.